The first-order valence-corrected chi connectivity index (χ1v) is 3.38. The molecule has 1 heterocycles. The summed E-state index contributed by atoms with van der Waals surface area (Å²) in [6, 6.07) is 0. The van der Waals surface area contributed by atoms with Gasteiger partial charge in [-0.1, -0.05) is 13.3 Å². The maximum atomic E-state index is 5.34. The Bertz CT molecular complexity index is 55.4. The number of hydrogen-bond acceptors (Lipinski definition) is 1. The van der Waals surface area contributed by atoms with E-state index < -0.39 is 0 Å². The van der Waals surface area contributed by atoms with Crippen molar-refractivity contribution in [1.29, 1.82) is 0 Å². The molecule has 8 heavy (non-hydrogen) atoms. The lowest BCUT2D eigenvalue weighted by Gasteiger charge is -2.03. The van der Waals surface area contributed by atoms with Crippen molar-refractivity contribution in [3.8, 4) is 0 Å². The molecule has 0 aromatic carbocycles. The summed E-state index contributed by atoms with van der Waals surface area (Å²) < 4.78 is 5.34. The first-order valence-electron chi connectivity index (χ1n) is 3.38. The third-order valence-corrected chi connectivity index (χ3v) is 1.46. The standard InChI is InChI=1S/C7H13O/c1-2-4-7-5-3-6-8-7/h4,7H,2-3,5-6H2,1H3/t7-/m1/s1. The molecule has 0 aliphatic carbocycles. The maximum Gasteiger partial charge on any atom is 0.0607 e. The van der Waals surface area contributed by atoms with E-state index in [0.29, 0.717) is 6.10 Å². The number of rotatable bonds is 2. The van der Waals surface area contributed by atoms with Crippen LogP contribution >= 0.6 is 0 Å². The van der Waals surface area contributed by atoms with Crippen molar-refractivity contribution in [1.82, 2.24) is 0 Å². The molecule has 0 amide bonds. The molecule has 1 aliphatic heterocycles. The number of hydrogen-bond donors (Lipinski definition) is 0. The molecule has 0 saturated carbocycles. The Morgan fingerprint density at radius 1 is 1.75 bits per heavy atom. The van der Waals surface area contributed by atoms with Crippen LogP contribution in [0.2, 0.25) is 0 Å². The van der Waals surface area contributed by atoms with Gasteiger partial charge < -0.3 is 4.74 Å². The van der Waals surface area contributed by atoms with Crippen LogP contribution < -0.4 is 0 Å². The molecule has 1 rings (SSSR count). The maximum absolute atomic E-state index is 5.34. The molecule has 1 atom stereocenters. The van der Waals surface area contributed by atoms with Crippen molar-refractivity contribution in [2.75, 3.05) is 6.61 Å². The van der Waals surface area contributed by atoms with E-state index in [-0.39, 0.29) is 0 Å². The fourth-order valence-corrected chi connectivity index (χ4v) is 1.05. The van der Waals surface area contributed by atoms with Crippen LogP contribution in [0, 0.1) is 6.42 Å². The highest BCUT2D eigenvalue weighted by atomic mass is 16.5. The minimum atomic E-state index is 0.486. The van der Waals surface area contributed by atoms with Crippen LogP contribution in [0.5, 0.6) is 0 Å². The van der Waals surface area contributed by atoms with E-state index in [2.05, 4.69) is 13.3 Å². The van der Waals surface area contributed by atoms with Crippen LogP contribution in [0.4, 0.5) is 0 Å². The predicted molar refractivity (Wildman–Crippen MR) is 33.6 cm³/mol. The molecule has 0 spiro atoms. The lowest BCUT2D eigenvalue weighted by Crippen LogP contribution is -2.03. The summed E-state index contributed by atoms with van der Waals surface area (Å²) in [6.45, 7) is 3.13. The van der Waals surface area contributed by atoms with Crippen molar-refractivity contribution >= 4 is 0 Å². The normalized spacial score (nSPS) is 28.9. The zero-order chi connectivity index (χ0) is 5.82. The smallest absolute Gasteiger partial charge is 0.0607 e. The Kier molecular flexibility index (Phi) is 2.34. The minimum Gasteiger partial charge on any atom is -0.378 e. The molecule has 0 unspecified atom stereocenters. The van der Waals surface area contributed by atoms with Gasteiger partial charge in [0.05, 0.1) is 6.10 Å². The van der Waals surface area contributed by atoms with E-state index in [4.69, 9.17) is 4.74 Å². The SMILES string of the molecule is CC[CH][C@@H]1CCCO1. The second-order valence-electron chi connectivity index (χ2n) is 2.20. The second kappa shape index (κ2) is 3.08. The molecule has 1 fully saturated rings. The molecule has 47 valence electrons. The van der Waals surface area contributed by atoms with Crippen LogP contribution in [0.15, 0.2) is 0 Å². The molecule has 1 saturated heterocycles. The third-order valence-electron chi connectivity index (χ3n) is 1.46. The Labute approximate surface area is 51.0 Å². The molecular weight excluding hydrogens is 100 g/mol. The molecule has 1 heteroatoms. The fourth-order valence-electron chi connectivity index (χ4n) is 1.05. The van der Waals surface area contributed by atoms with Crippen LogP contribution in [0.1, 0.15) is 26.2 Å². The predicted octanol–water partition coefficient (Wildman–Crippen LogP) is 1.78. The summed E-state index contributed by atoms with van der Waals surface area (Å²) in [5.41, 5.74) is 0. The first kappa shape index (κ1) is 6.09. The van der Waals surface area contributed by atoms with Gasteiger partial charge in [0.2, 0.25) is 0 Å². The molecule has 0 aromatic heterocycles. The summed E-state index contributed by atoms with van der Waals surface area (Å²) in [4.78, 5) is 0. The monoisotopic (exact) mass is 113 g/mol. The second-order valence-corrected chi connectivity index (χ2v) is 2.20. The van der Waals surface area contributed by atoms with Crippen molar-refractivity contribution in [3.63, 3.8) is 0 Å². The summed E-state index contributed by atoms with van der Waals surface area (Å²) in [6.07, 6.45) is 6.37. The average molecular weight is 113 g/mol. The van der Waals surface area contributed by atoms with Gasteiger partial charge in [0.25, 0.3) is 0 Å². The average Bonchev–Trinajstić information content (AvgIpc) is 2.19. The highest BCUT2D eigenvalue weighted by Crippen LogP contribution is 2.15. The van der Waals surface area contributed by atoms with Gasteiger partial charge in [-0.15, -0.1) is 0 Å². The molecule has 0 aromatic rings. The van der Waals surface area contributed by atoms with E-state index in [9.17, 15) is 0 Å². The third kappa shape index (κ3) is 1.48. The minimum absolute atomic E-state index is 0.486. The van der Waals surface area contributed by atoms with Gasteiger partial charge in [-0.2, -0.15) is 0 Å². The first-order chi connectivity index (χ1) is 3.93. The van der Waals surface area contributed by atoms with E-state index in [0.717, 1.165) is 13.0 Å². The zero-order valence-electron chi connectivity index (χ0n) is 5.39. The van der Waals surface area contributed by atoms with E-state index in [1.165, 1.54) is 12.8 Å². The van der Waals surface area contributed by atoms with Gasteiger partial charge in [0, 0.05) is 6.61 Å². The van der Waals surface area contributed by atoms with Crippen LogP contribution in [0.25, 0.3) is 0 Å². The molecular formula is C7H13O. The van der Waals surface area contributed by atoms with Crippen LogP contribution in [-0.4, -0.2) is 12.7 Å². The molecule has 0 N–H and O–H groups in total. The molecule has 1 nitrogen and oxygen atoms in total. The molecule has 1 radical (unpaired) electrons. The topological polar surface area (TPSA) is 9.23 Å². The van der Waals surface area contributed by atoms with Gasteiger partial charge in [0.1, 0.15) is 0 Å². The van der Waals surface area contributed by atoms with E-state index in [1.807, 2.05) is 0 Å². The van der Waals surface area contributed by atoms with Gasteiger partial charge >= 0.3 is 0 Å². The fraction of sp³-hybridized carbons (Fsp3) is 0.857. The molecule has 1 aliphatic rings. The Morgan fingerprint density at radius 3 is 3.12 bits per heavy atom. The van der Waals surface area contributed by atoms with Crippen LogP contribution in [-0.2, 0) is 4.74 Å². The Balaban J connectivity index is 2.06. The Morgan fingerprint density at radius 2 is 2.62 bits per heavy atom. The quantitative estimate of drug-likeness (QED) is 0.530. The van der Waals surface area contributed by atoms with Crippen molar-refractivity contribution in [3.05, 3.63) is 6.42 Å². The summed E-state index contributed by atoms with van der Waals surface area (Å²) in [5.74, 6) is 0. The highest BCUT2D eigenvalue weighted by Gasteiger charge is 2.13. The summed E-state index contributed by atoms with van der Waals surface area (Å²) in [5, 5.41) is 0. The van der Waals surface area contributed by atoms with E-state index >= 15 is 0 Å². The van der Waals surface area contributed by atoms with Gasteiger partial charge in [0.15, 0.2) is 0 Å². The van der Waals surface area contributed by atoms with Gasteiger partial charge in [-0.05, 0) is 19.3 Å². The van der Waals surface area contributed by atoms with Crippen molar-refractivity contribution < 1.29 is 4.74 Å². The lowest BCUT2D eigenvalue weighted by molar-refractivity contribution is 0.132. The zero-order valence-corrected chi connectivity index (χ0v) is 5.39. The summed E-state index contributed by atoms with van der Waals surface area (Å²) in [7, 11) is 0. The van der Waals surface area contributed by atoms with Crippen molar-refractivity contribution in [2.24, 2.45) is 0 Å². The van der Waals surface area contributed by atoms with Crippen LogP contribution in [0.3, 0.4) is 0 Å². The lowest BCUT2D eigenvalue weighted by atomic mass is 10.1. The van der Waals surface area contributed by atoms with Gasteiger partial charge in [-0.25, -0.2) is 0 Å². The van der Waals surface area contributed by atoms with Gasteiger partial charge in [-0.3, -0.25) is 0 Å². The Hall–Kier alpha value is -0.0400. The molecule has 0 bridgehead atoms. The number of ether oxygens (including phenoxy) is 1. The largest absolute Gasteiger partial charge is 0.378 e. The highest BCUT2D eigenvalue weighted by molar-refractivity contribution is 4.78. The van der Waals surface area contributed by atoms with E-state index in [1.54, 1.807) is 0 Å². The summed E-state index contributed by atoms with van der Waals surface area (Å²) >= 11 is 0. The van der Waals surface area contributed by atoms with Crippen molar-refractivity contribution in [2.45, 2.75) is 32.3 Å².